The molecule has 0 aliphatic heterocycles. The van der Waals surface area contributed by atoms with E-state index in [-0.39, 0.29) is 42.2 Å². The lowest BCUT2D eigenvalue weighted by molar-refractivity contribution is -0.175. The Morgan fingerprint density at radius 3 is 2.26 bits per heavy atom. The van der Waals surface area contributed by atoms with Crippen LogP contribution in [0.25, 0.3) is 5.76 Å². The number of primary amides is 1. The van der Waals surface area contributed by atoms with Crippen LogP contribution in [-0.4, -0.2) is 95.3 Å². The molecule has 7 N–H and O–H groups in total. The molecule has 4 rings (SSSR count). The number of ketones is 2. The first-order chi connectivity index (χ1) is 19.7. The summed E-state index contributed by atoms with van der Waals surface area (Å²) in [5, 5.41) is 48.9. The van der Waals surface area contributed by atoms with E-state index in [9.17, 15) is 39.6 Å². The van der Waals surface area contributed by atoms with E-state index in [2.05, 4.69) is 5.32 Å². The van der Waals surface area contributed by atoms with Crippen LogP contribution in [0, 0.1) is 16.7 Å². The van der Waals surface area contributed by atoms with Crippen molar-refractivity contribution in [2.45, 2.75) is 52.2 Å². The molecule has 1 saturated carbocycles. The van der Waals surface area contributed by atoms with E-state index >= 15 is 0 Å². The molecule has 0 spiro atoms. The predicted octanol–water partition coefficient (Wildman–Crippen LogP) is 2.01. The fourth-order valence-corrected chi connectivity index (χ4v) is 7.25. The summed E-state index contributed by atoms with van der Waals surface area (Å²) < 4.78 is 5.18. The first-order valence-corrected chi connectivity index (χ1v) is 13.9. The average Bonchev–Trinajstić information content (AvgIpc) is 2.85. The van der Waals surface area contributed by atoms with Crippen molar-refractivity contribution in [1.29, 1.82) is 0 Å². The van der Waals surface area contributed by atoms with Crippen molar-refractivity contribution >= 4 is 40.7 Å². The number of aromatic hydroxyl groups is 1. The number of aliphatic hydroxyl groups excluding tert-OH is 2. The molecule has 1 fully saturated rings. The van der Waals surface area contributed by atoms with Gasteiger partial charge in [-0.1, -0.05) is 27.7 Å². The lowest BCUT2D eigenvalue weighted by Gasteiger charge is -2.59. The quantitative estimate of drug-likeness (QED) is 0.206. The van der Waals surface area contributed by atoms with Crippen molar-refractivity contribution in [3.05, 3.63) is 34.1 Å². The molecule has 3 aliphatic rings. The number of hydrogen-bond donors (Lipinski definition) is 6. The molecule has 0 saturated heterocycles. The number of fused-ring (bicyclic) bond motifs is 3. The summed E-state index contributed by atoms with van der Waals surface area (Å²) in [6.45, 7) is 7.01. The van der Waals surface area contributed by atoms with Gasteiger partial charge in [-0.3, -0.25) is 24.6 Å². The van der Waals surface area contributed by atoms with Gasteiger partial charge >= 0.3 is 6.09 Å². The molecule has 0 heterocycles. The smallest absolute Gasteiger partial charge is 0.411 e. The van der Waals surface area contributed by atoms with Crippen molar-refractivity contribution in [3.8, 4) is 5.75 Å². The molecule has 4 atom stereocenters. The number of phenolic OH excluding ortho intramolecular Hbond substituents is 1. The average molecular weight is 601 g/mol. The first-order valence-electron chi connectivity index (χ1n) is 13.9. The number of anilines is 2. The standard InChI is InChI=1S/C30H40N4O9/c1-13(2)11-43-27(41)32-15-9-16(33(5)6)14-10-28(3)12-29(4)23(34(7)8)22(37)18(26(31)40)24(38)30(29,42)25(39)19(28)21(36)17(14)20(15)35/h9,13,23,35-36,38,42H,10-12H2,1-8H3,(H2,31,40)(H,32,41)/t23-,28+,29+,30-/m1/s1. The number of hydrogen-bond acceptors (Lipinski definition) is 11. The largest absolute Gasteiger partial charge is 0.508 e. The van der Waals surface area contributed by atoms with Crippen LogP contribution in [-0.2, 0) is 25.5 Å². The van der Waals surface area contributed by atoms with Gasteiger partial charge < -0.3 is 35.8 Å². The lowest BCUT2D eigenvalue weighted by Crippen LogP contribution is -2.72. The third-order valence-electron chi connectivity index (χ3n) is 8.87. The Morgan fingerprint density at radius 2 is 1.74 bits per heavy atom. The zero-order chi connectivity index (χ0) is 32.6. The van der Waals surface area contributed by atoms with E-state index in [1.165, 1.54) is 17.9 Å². The Balaban J connectivity index is 2.00. The van der Waals surface area contributed by atoms with Crippen molar-refractivity contribution in [3.63, 3.8) is 0 Å². The molecule has 13 heteroatoms. The third kappa shape index (κ3) is 4.44. The highest BCUT2D eigenvalue weighted by atomic mass is 16.5. The molecule has 0 aromatic heterocycles. The minimum absolute atomic E-state index is 0.0585. The minimum Gasteiger partial charge on any atom is -0.508 e. The van der Waals surface area contributed by atoms with E-state index in [1.54, 1.807) is 40.0 Å². The first kappa shape index (κ1) is 31.8. The van der Waals surface area contributed by atoms with Crippen LogP contribution >= 0.6 is 0 Å². The number of nitrogens with one attached hydrogen (secondary N) is 1. The number of benzene rings is 1. The van der Waals surface area contributed by atoms with Crippen molar-refractivity contribution in [2.75, 3.05) is 45.0 Å². The lowest BCUT2D eigenvalue weighted by atomic mass is 9.46. The molecule has 0 radical (unpaired) electrons. The Labute approximate surface area is 249 Å². The molecule has 1 aromatic rings. The van der Waals surface area contributed by atoms with E-state index < -0.39 is 68.9 Å². The van der Waals surface area contributed by atoms with Crippen LogP contribution in [0.1, 0.15) is 45.2 Å². The van der Waals surface area contributed by atoms with E-state index in [0.29, 0.717) is 11.3 Å². The molecule has 0 bridgehead atoms. The van der Waals surface area contributed by atoms with Gasteiger partial charge in [-0.25, -0.2) is 4.79 Å². The van der Waals surface area contributed by atoms with Crippen LogP contribution in [0.3, 0.4) is 0 Å². The van der Waals surface area contributed by atoms with Gasteiger partial charge in [0.2, 0.25) is 5.78 Å². The number of ether oxygens (including phenoxy) is 1. The maximum Gasteiger partial charge on any atom is 0.411 e. The summed E-state index contributed by atoms with van der Waals surface area (Å²) in [4.78, 5) is 55.9. The highest BCUT2D eigenvalue weighted by Crippen LogP contribution is 2.63. The number of nitrogens with two attached hydrogens (primary N) is 1. The number of amides is 2. The summed E-state index contributed by atoms with van der Waals surface area (Å²) in [5.74, 6) is -5.61. The van der Waals surface area contributed by atoms with E-state index in [4.69, 9.17) is 10.5 Å². The van der Waals surface area contributed by atoms with E-state index in [1.807, 2.05) is 13.8 Å². The van der Waals surface area contributed by atoms with Crippen molar-refractivity contribution in [2.24, 2.45) is 22.5 Å². The second kappa shape index (κ2) is 10.3. The van der Waals surface area contributed by atoms with Crippen LogP contribution in [0.4, 0.5) is 16.2 Å². The zero-order valence-corrected chi connectivity index (χ0v) is 25.7. The number of Topliss-reactive ketones (excluding diaryl/α,β-unsaturated/α-hetero) is 2. The summed E-state index contributed by atoms with van der Waals surface area (Å²) >= 11 is 0. The molecule has 1 aromatic carbocycles. The molecule has 3 aliphatic carbocycles. The number of aliphatic hydroxyl groups is 3. The number of carbonyl (C=O) groups excluding carboxylic acids is 4. The fraction of sp³-hybridized carbons (Fsp3) is 0.533. The van der Waals surface area contributed by atoms with Gasteiger partial charge in [0.05, 0.1) is 23.9 Å². The molecule has 2 amide bonds. The topological polar surface area (TPSA) is 203 Å². The fourth-order valence-electron chi connectivity index (χ4n) is 7.25. The van der Waals surface area contributed by atoms with Gasteiger partial charge in [0, 0.05) is 36.2 Å². The summed E-state index contributed by atoms with van der Waals surface area (Å²) in [6.07, 6.45) is -0.864. The SMILES string of the molecule is CC(C)COC(=O)Nc1cc(N(C)C)c2c(c1O)C(O)=C1C(=O)[C@]3(O)C(O)=C(C(N)=O)C(=O)[C@@H](N(C)C)[C@]3(C)C[C@]1(C)C2. The second-order valence-electron chi connectivity index (χ2n) is 13.1. The maximum absolute atomic E-state index is 14.4. The molecule has 13 nitrogen and oxygen atoms in total. The highest BCUT2D eigenvalue weighted by Gasteiger charge is 2.72. The van der Waals surface area contributed by atoms with E-state index in [0.717, 1.165) is 0 Å². The van der Waals surface area contributed by atoms with Gasteiger partial charge in [-0.2, -0.15) is 0 Å². The third-order valence-corrected chi connectivity index (χ3v) is 8.87. The molecule has 234 valence electrons. The van der Waals surface area contributed by atoms with Gasteiger partial charge in [-0.15, -0.1) is 0 Å². The zero-order valence-electron chi connectivity index (χ0n) is 25.7. The highest BCUT2D eigenvalue weighted by molar-refractivity contribution is 6.25. The maximum atomic E-state index is 14.4. The summed E-state index contributed by atoms with van der Waals surface area (Å²) in [6, 6.07) is 0.280. The van der Waals surface area contributed by atoms with Crippen LogP contribution < -0.4 is 16.0 Å². The summed E-state index contributed by atoms with van der Waals surface area (Å²) in [5.41, 5.74) is -0.748. The van der Waals surface area contributed by atoms with Crippen molar-refractivity contribution < 1.29 is 44.3 Å². The molecule has 0 unspecified atom stereocenters. The molecular weight excluding hydrogens is 560 g/mol. The van der Waals surface area contributed by atoms with Gasteiger partial charge in [0.15, 0.2) is 17.1 Å². The normalized spacial score (nSPS) is 28.5. The van der Waals surface area contributed by atoms with Gasteiger partial charge in [0.1, 0.15) is 17.1 Å². The second-order valence-corrected chi connectivity index (χ2v) is 13.1. The van der Waals surface area contributed by atoms with Gasteiger partial charge in [-0.05, 0) is 44.5 Å². The predicted molar refractivity (Wildman–Crippen MR) is 158 cm³/mol. The number of nitrogens with zero attached hydrogens (tertiary/aromatic N) is 2. The Kier molecular flexibility index (Phi) is 7.60. The number of phenols is 1. The number of likely N-dealkylation sites (N-methyl/N-ethyl adjacent to an activating group) is 1. The monoisotopic (exact) mass is 600 g/mol. The number of rotatable bonds is 6. The molecular formula is C30H40N4O9. The van der Waals surface area contributed by atoms with Crippen molar-refractivity contribution in [1.82, 2.24) is 4.90 Å². The van der Waals surface area contributed by atoms with Crippen LogP contribution in [0.5, 0.6) is 5.75 Å². The number of carbonyl (C=O) groups is 4. The Morgan fingerprint density at radius 1 is 1.14 bits per heavy atom. The Bertz CT molecular complexity index is 1510. The Hall–Kier alpha value is -4.10. The van der Waals surface area contributed by atoms with Crippen LogP contribution in [0.2, 0.25) is 0 Å². The van der Waals surface area contributed by atoms with Gasteiger partial charge in [0.25, 0.3) is 5.91 Å². The summed E-state index contributed by atoms with van der Waals surface area (Å²) in [7, 11) is 6.55. The van der Waals surface area contributed by atoms with Crippen LogP contribution in [0.15, 0.2) is 23.0 Å². The molecule has 43 heavy (non-hydrogen) atoms. The minimum atomic E-state index is -2.82.